The summed E-state index contributed by atoms with van der Waals surface area (Å²) in [5.74, 6) is -0.0361. The Kier molecular flexibility index (Phi) is 3.19. The zero-order valence-corrected chi connectivity index (χ0v) is 10.8. The summed E-state index contributed by atoms with van der Waals surface area (Å²) in [5.41, 5.74) is 5.84. The number of carbonyl (C=O) groups is 1. The van der Waals surface area contributed by atoms with Gasteiger partial charge in [-0.05, 0) is 34.8 Å². The molecule has 0 radical (unpaired) electrons. The zero-order chi connectivity index (χ0) is 11.8. The SMILES string of the molecule is NCC1(C(=O)Nc2cnc(Cl)c(Br)c2)CC1. The molecule has 1 amide bonds. The molecule has 0 saturated heterocycles. The average Bonchev–Trinajstić information content (AvgIpc) is 3.04. The molecular weight excluding hydrogens is 293 g/mol. The Morgan fingerprint density at radius 3 is 2.88 bits per heavy atom. The van der Waals surface area contributed by atoms with Gasteiger partial charge in [0.1, 0.15) is 5.15 Å². The first-order valence-electron chi connectivity index (χ1n) is 4.90. The maximum atomic E-state index is 11.9. The molecule has 1 heterocycles. The van der Waals surface area contributed by atoms with Crippen LogP contribution in [0.3, 0.4) is 0 Å². The fourth-order valence-electron chi connectivity index (χ4n) is 1.43. The van der Waals surface area contributed by atoms with Gasteiger partial charge in [0.05, 0.1) is 21.8 Å². The van der Waals surface area contributed by atoms with E-state index in [0.717, 1.165) is 12.8 Å². The van der Waals surface area contributed by atoms with Crippen LogP contribution in [0.4, 0.5) is 5.69 Å². The first-order chi connectivity index (χ1) is 7.57. The van der Waals surface area contributed by atoms with Crippen LogP contribution in [0.2, 0.25) is 5.15 Å². The molecular formula is C10H11BrClN3O. The molecule has 3 N–H and O–H groups in total. The summed E-state index contributed by atoms with van der Waals surface area (Å²) in [6.45, 7) is 0.390. The van der Waals surface area contributed by atoms with Crippen molar-refractivity contribution < 1.29 is 4.79 Å². The van der Waals surface area contributed by atoms with Gasteiger partial charge in [0.25, 0.3) is 0 Å². The van der Waals surface area contributed by atoms with Crippen molar-refractivity contribution in [3.8, 4) is 0 Å². The summed E-state index contributed by atoms with van der Waals surface area (Å²) in [4.78, 5) is 15.8. The topological polar surface area (TPSA) is 68.0 Å². The first kappa shape index (κ1) is 11.8. The van der Waals surface area contributed by atoms with E-state index < -0.39 is 0 Å². The van der Waals surface area contributed by atoms with Crippen LogP contribution in [0.1, 0.15) is 12.8 Å². The quantitative estimate of drug-likeness (QED) is 0.841. The molecule has 1 aliphatic carbocycles. The summed E-state index contributed by atoms with van der Waals surface area (Å²) in [6, 6.07) is 1.72. The van der Waals surface area contributed by atoms with Crippen LogP contribution in [0.15, 0.2) is 16.7 Å². The van der Waals surface area contributed by atoms with Gasteiger partial charge in [0.15, 0.2) is 0 Å². The molecule has 0 aliphatic heterocycles. The van der Waals surface area contributed by atoms with Crippen LogP contribution in [0, 0.1) is 5.41 Å². The van der Waals surface area contributed by atoms with Gasteiger partial charge < -0.3 is 11.1 Å². The van der Waals surface area contributed by atoms with Crippen molar-refractivity contribution in [2.45, 2.75) is 12.8 Å². The van der Waals surface area contributed by atoms with Crippen LogP contribution >= 0.6 is 27.5 Å². The third-order valence-corrected chi connectivity index (χ3v) is 3.91. The highest BCUT2D eigenvalue weighted by Gasteiger charge is 2.48. The molecule has 0 spiro atoms. The lowest BCUT2D eigenvalue weighted by Crippen LogP contribution is -2.30. The minimum atomic E-state index is -0.355. The predicted molar refractivity (Wildman–Crippen MR) is 66.3 cm³/mol. The number of carbonyl (C=O) groups excluding carboxylic acids is 1. The average molecular weight is 305 g/mol. The molecule has 0 aromatic carbocycles. The number of hydrogen-bond acceptors (Lipinski definition) is 3. The first-order valence-corrected chi connectivity index (χ1v) is 6.07. The van der Waals surface area contributed by atoms with Gasteiger partial charge in [-0.25, -0.2) is 4.98 Å². The lowest BCUT2D eigenvalue weighted by Gasteiger charge is -2.12. The van der Waals surface area contributed by atoms with Crippen molar-refractivity contribution in [1.29, 1.82) is 0 Å². The molecule has 1 fully saturated rings. The number of nitrogens with zero attached hydrogens (tertiary/aromatic N) is 1. The van der Waals surface area contributed by atoms with E-state index in [1.54, 1.807) is 6.07 Å². The fraction of sp³-hybridized carbons (Fsp3) is 0.400. The summed E-state index contributed by atoms with van der Waals surface area (Å²) in [7, 11) is 0. The minimum Gasteiger partial charge on any atom is -0.329 e. The molecule has 16 heavy (non-hydrogen) atoms. The monoisotopic (exact) mass is 303 g/mol. The van der Waals surface area contributed by atoms with Crippen LogP contribution in [-0.2, 0) is 4.79 Å². The summed E-state index contributed by atoms with van der Waals surface area (Å²) in [6.07, 6.45) is 3.24. The van der Waals surface area contributed by atoms with E-state index in [0.29, 0.717) is 21.9 Å². The number of pyridine rings is 1. The van der Waals surface area contributed by atoms with Gasteiger partial charge in [-0.3, -0.25) is 4.79 Å². The summed E-state index contributed by atoms with van der Waals surface area (Å²) in [5, 5.41) is 3.17. The third kappa shape index (κ3) is 2.21. The highest BCUT2D eigenvalue weighted by molar-refractivity contribution is 9.10. The zero-order valence-electron chi connectivity index (χ0n) is 8.46. The van der Waals surface area contributed by atoms with Crippen molar-refractivity contribution >= 4 is 39.1 Å². The Bertz CT molecular complexity index is 434. The van der Waals surface area contributed by atoms with Gasteiger partial charge in [-0.1, -0.05) is 11.6 Å². The van der Waals surface area contributed by atoms with Gasteiger partial charge in [-0.2, -0.15) is 0 Å². The molecule has 2 rings (SSSR count). The number of aromatic nitrogens is 1. The molecule has 1 aliphatic rings. The maximum absolute atomic E-state index is 11.9. The van der Waals surface area contributed by atoms with Crippen molar-refractivity contribution in [2.75, 3.05) is 11.9 Å². The molecule has 1 aromatic rings. The maximum Gasteiger partial charge on any atom is 0.231 e. The summed E-state index contributed by atoms with van der Waals surface area (Å²) >= 11 is 9.00. The number of rotatable bonds is 3. The Hall–Kier alpha value is -0.650. The van der Waals surface area contributed by atoms with Gasteiger partial charge in [-0.15, -0.1) is 0 Å². The van der Waals surface area contributed by atoms with Crippen molar-refractivity contribution in [1.82, 2.24) is 4.98 Å². The van der Waals surface area contributed by atoms with Gasteiger partial charge in [0, 0.05) is 6.54 Å². The lowest BCUT2D eigenvalue weighted by molar-refractivity contribution is -0.120. The normalized spacial score (nSPS) is 16.9. The van der Waals surface area contributed by atoms with Crippen LogP contribution < -0.4 is 11.1 Å². The number of nitrogens with two attached hydrogens (primary N) is 1. The molecule has 6 heteroatoms. The van der Waals surface area contributed by atoms with E-state index >= 15 is 0 Å². The molecule has 0 bridgehead atoms. The van der Waals surface area contributed by atoms with Gasteiger partial charge >= 0.3 is 0 Å². The largest absolute Gasteiger partial charge is 0.329 e. The molecule has 0 unspecified atom stereocenters. The van der Waals surface area contributed by atoms with Crippen LogP contribution in [0.25, 0.3) is 0 Å². The van der Waals surface area contributed by atoms with Gasteiger partial charge in [0.2, 0.25) is 5.91 Å². The van der Waals surface area contributed by atoms with Crippen LogP contribution in [0.5, 0.6) is 0 Å². The second kappa shape index (κ2) is 4.31. The number of hydrogen-bond donors (Lipinski definition) is 2. The molecule has 0 atom stereocenters. The van der Waals surface area contributed by atoms with Crippen LogP contribution in [-0.4, -0.2) is 17.4 Å². The molecule has 4 nitrogen and oxygen atoms in total. The fourth-order valence-corrected chi connectivity index (χ4v) is 1.88. The predicted octanol–water partition coefficient (Wildman–Crippen LogP) is 2.17. The number of anilines is 1. The minimum absolute atomic E-state index is 0.0361. The number of nitrogens with one attached hydrogen (secondary N) is 1. The number of amides is 1. The smallest absolute Gasteiger partial charge is 0.231 e. The van der Waals surface area contributed by atoms with Crippen molar-refractivity contribution in [3.05, 3.63) is 21.9 Å². The standard InChI is InChI=1S/C10H11BrClN3O/c11-7-3-6(4-14-8(7)12)15-9(16)10(5-13)1-2-10/h3-4H,1-2,5,13H2,(H,15,16). The molecule has 1 aromatic heterocycles. The Balaban J connectivity index is 2.09. The lowest BCUT2D eigenvalue weighted by atomic mass is 10.1. The van der Waals surface area contributed by atoms with E-state index in [4.69, 9.17) is 17.3 Å². The summed E-state index contributed by atoms with van der Waals surface area (Å²) < 4.78 is 0.657. The van der Waals surface area contributed by atoms with E-state index in [1.807, 2.05) is 0 Å². The third-order valence-electron chi connectivity index (χ3n) is 2.78. The van der Waals surface area contributed by atoms with E-state index in [1.165, 1.54) is 6.20 Å². The van der Waals surface area contributed by atoms with E-state index in [9.17, 15) is 4.79 Å². The Morgan fingerprint density at radius 2 is 2.38 bits per heavy atom. The molecule has 86 valence electrons. The second-order valence-electron chi connectivity index (χ2n) is 3.94. The highest BCUT2D eigenvalue weighted by atomic mass is 79.9. The van der Waals surface area contributed by atoms with E-state index in [-0.39, 0.29) is 11.3 Å². The number of halogens is 2. The second-order valence-corrected chi connectivity index (χ2v) is 5.15. The van der Waals surface area contributed by atoms with E-state index in [2.05, 4.69) is 26.2 Å². The Morgan fingerprint density at radius 1 is 1.69 bits per heavy atom. The Labute approximate surface area is 107 Å². The molecule has 1 saturated carbocycles. The van der Waals surface area contributed by atoms with Crippen molar-refractivity contribution in [3.63, 3.8) is 0 Å². The van der Waals surface area contributed by atoms with Crippen molar-refractivity contribution in [2.24, 2.45) is 11.1 Å². The highest BCUT2D eigenvalue weighted by Crippen LogP contribution is 2.45.